The summed E-state index contributed by atoms with van der Waals surface area (Å²) in [6.07, 6.45) is 26.0. The van der Waals surface area contributed by atoms with Crippen LogP contribution in [0.15, 0.2) is 60.8 Å². The van der Waals surface area contributed by atoms with Crippen molar-refractivity contribution in [1.29, 1.82) is 0 Å². The number of hydrogen-bond donors (Lipinski definition) is 0. The summed E-state index contributed by atoms with van der Waals surface area (Å²) in [7, 11) is 0. The molecular weight excluding hydrogens is 168 g/mol. The lowest BCUT2D eigenvalue weighted by molar-refractivity contribution is 1.05. The number of hydrogen-bond acceptors (Lipinski definition) is 0. The van der Waals surface area contributed by atoms with Gasteiger partial charge in [0.2, 0.25) is 0 Å². The van der Waals surface area contributed by atoms with Crippen LogP contribution in [0.2, 0.25) is 0 Å². The fraction of sp³-hybridized carbons (Fsp3) is 0.286. The quantitative estimate of drug-likeness (QED) is 0.494. The molecule has 0 amide bonds. The molecule has 0 heteroatoms. The molecule has 0 heterocycles. The second kappa shape index (κ2) is 8.31. The predicted molar refractivity (Wildman–Crippen MR) is 64.2 cm³/mol. The summed E-state index contributed by atoms with van der Waals surface area (Å²) in [6, 6.07) is 0. The van der Waals surface area contributed by atoms with Gasteiger partial charge in [0, 0.05) is 0 Å². The van der Waals surface area contributed by atoms with Gasteiger partial charge in [0.05, 0.1) is 0 Å². The number of rotatable bonds is 0. The Labute approximate surface area is 87.0 Å². The Morgan fingerprint density at radius 1 is 0.429 bits per heavy atom. The molecule has 74 valence electrons. The van der Waals surface area contributed by atoms with Crippen molar-refractivity contribution in [3.63, 3.8) is 0 Å². The smallest absolute Gasteiger partial charge is 0.0166 e. The molecule has 0 unspecified atom stereocenters. The Morgan fingerprint density at radius 2 is 0.857 bits per heavy atom. The van der Waals surface area contributed by atoms with Crippen molar-refractivity contribution in [1.82, 2.24) is 0 Å². The molecule has 0 radical (unpaired) electrons. The van der Waals surface area contributed by atoms with Gasteiger partial charge in [-0.3, -0.25) is 0 Å². The third-order valence-electron chi connectivity index (χ3n) is 1.98. The van der Waals surface area contributed by atoms with Crippen LogP contribution in [0.25, 0.3) is 0 Å². The van der Waals surface area contributed by atoms with Gasteiger partial charge in [0.25, 0.3) is 0 Å². The standard InChI is InChI=1S/C14H18/c1-2-4-6-8-10-12-14-13-11-9-7-5-3-1/h1-4,7,9-10,12-14H,5-6,8,11H2/b3-1+,4-2-,9-7+,12-10-,14-13?. The van der Waals surface area contributed by atoms with Gasteiger partial charge in [-0.25, -0.2) is 0 Å². The third-order valence-corrected chi connectivity index (χ3v) is 1.98. The molecule has 0 bridgehead atoms. The zero-order valence-corrected chi connectivity index (χ0v) is 8.60. The van der Waals surface area contributed by atoms with Crippen LogP contribution >= 0.6 is 0 Å². The van der Waals surface area contributed by atoms with Crippen LogP contribution in [0.3, 0.4) is 0 Å². The van der Waals surface area contributed by atoms with Gasteiger partial charge < -0.3 is 0 Å². The molecule has 0 fully saturated rings. The predicted octanol–water partition coefficient (Wildman–Crippen LogP) is 4.34. The zero-order chi connectivity index (χ0) is 9.90. The van der Waals surface area contributed by atoms with E-state index in [0.29, 0.717) is 0 Å². The van der Waals surface area contributed by atoms with Crippen molar-refractivity contribution in [2.45, 2.75) is 25.7 Å². The molecule has 0 N–H and O–H groups in total. The van der Waals surface area contributed by atoms with Crippen LogP contribution in [0.4, 0.5) is 0 Å². The van der Waals surface area contributed by atoms with Gasteiger partial charge >= 0.3 is 0 Å². The third kappa shape index (κ3) is 6.24. The van der Waals surface area contributed by atoms with E-state index in [0.717, 1.165) is 25.7 Å². The first-order chi connectivity index (χ1) is 7.00. The second-order valence-corrected chi connectivity index (χ2v) is 3.23. The van der Waals surface area contributed by atoms with E-state index < -0.39 is 0 Å². The van der Waals surface area contributed by atoms with E-state index in [1.807, 2.05) is 0 Å². The van der Waals surface area contributed by atoms with Gasteiger partial charge in [-0.15, -0.1) is 0 Å². The van der Waals surface area contributed by atoms with E-state index in [1.165, 1.54) is 0 Å². The molecule has 0 saturated carbocycles. The van der Waals surface area contributed by atoms with Crippen molar-refractivity contribution in [2.75, 3.05) is 0 Å². The average molecular weight is 186 g/mol. The van der Waals surface area contributed by atoms with Gasteiger partial charge in [-0.2, -0.15) is 0 Å². The fourth-order valence-corrected chi connectivity index (χ4v) is 1.21. The maximum Gasteiger partial charge on any atom is -0.0166 e. The van der Waals surface area contributed by atoms with Crippen LogP contribution in [0, 0.1) is 0 Å². The van der Waals surface area contributed by atoms with Crippen molar-refractivity contribution >= 4 is 0 Å². The molecule has 0 saturated heterocycles. The molecule has 0 spiro atoms. The molecule has 1 aliphatic rings. The summed E-state index contributed by atoms with van der Waals surface area (Å²) >= 11 is 0. The molecule has 0 aliphatic heterocycles. The molecule has 1 aliphatic carbocycles. The van der Waals surface area contributed by atoms with E-state index >= 15 is 0 Å². The first-order valence-corrected chi connectivity index (χ1v) is 5.28. The van der Waals surface area contributed by atoms with Crippen LogP contribution in [0.1, 0.15) is 25.7 Å². The molecule has 0 atom stereocenters. The SMILES string of the molecule is C1=CC/C=C/C/C=C/C=C\CC/C=C\1. The summed E-state index contributed by atoms with van der Waals surface area (Å²) in [4.78, 5) is 0. The molecule has 0 nitrogen and oxygen atoms in total. The molecular formula is C14H18. The van der Waals surface area contributed by atoms with E-state index in [1.54, 1.807) is 0 Å². The lowest BCUT2D eigenvalue weighted by Crippen LogP contribution is -1.65. The minimum absolute atomic E-state index is 1.04. The van der Waals surface area contributed by atoms with Gasteiger partial charge in [0.15, 0.2) is 0 Å². The van der Waals surface area contributed by atoms with Crippen molar-refractivity contribution < 1.29 is 0 Å². The van der Waals surface area contributed by atoms with Crippen LogP contribution in [-0.4, -0.2) is 0 Å². The highest BCUT2D eigenvalue weighted by molar-refractivity contribution is 5.09. The fourth-order valence-electron chi connectivity index (χ4n) is 1.21. The largest absolute Gasteiger partial charge is 0.0844 e. The van der Waals surface area contributed by atoms with Gasteiger partial charge in [0.1, 0.15) is 0 Å². The van der Waals surface area contributed by atoms with E-state index in [2.05, 4.69) is 60.8 Å². The maximum absolute atomic E-state index is 2.21. The minimum Gasteiger partial charge on any atom is -0.0844 e. The molecule has 0 aromatic heterocycles. The van der Waals surface area contributed by atoms with E-state index in [-0.39, 0.29) is 0 Å². The summed E-state index contributed by atoms with van der Waals surface area (Å²) in [5.74, 6) is 0. The molecule has 0 aromatic carbocycles. The van der Waals surface area contributed by atoms with Crippen LogP contribution < -0.4 is 0 Å². The van der Waals surface area contributed by atoms with Crippen molar-refractivity contribution in [3.05, 3.63) is 60.8 Å². The topological polar surface area (TPSA) is 0 Å². The summed E-state index contributed by atoms with van der Waals surface area (Å²) in [5.41, 5.74) is 0. The highest BCUT2D eigenvalue weighted by Gasteiger charge is 1.76. The van der Waals surface area contributed by atoms with E-state index in [9.17, 15) is 0 Å². The lowest BCUT2D eigenvalue weighted by atomic mass is 10.2. The Balaban J connectivity index is 2.45. The maximum atomic E-state index is 2.21. The Hall–Kier alpha value is -1.30. The Bertz CT molecular complexity index is 234. The highest BCUT2D eigenvalue weighted by atomic mass is 13.8. The second-order valence-electron chi connectivity index (χ2n) is 3.23. The summed E-state index contributed by atoms with van der Waals surface area (Å²) in [6.45, 7) is 0. The Morgan fingerprint density at radius 3 is 1.36 bits per heavy atom. The van der Waals surface area contributed by atoms with Crippen molar-refractivity contribution in [2.24, 2.45) is 0 Å². The molecule has 1 rings (SSSR count). The number of allylic oxidation sites excluding steroid dienone is 10. The van der Waals surface area contributed by atoms with Gasteiger partial charge in [-0.05, 0) is 25.7 Å². The van der Waals surface area contributed by atoms with E-state index in [4.69, 9.17) is 0 Å². The minimum atomic E-state index is 1.04. The van der Waals surface area contributed by atoms with Crippen LogP contribution in [-0.2, 0) is 0 Å². The highest BCUT2D eigenvalue weighted by Crippen LogP contribution is 1.97. The van der Waals surface area contributed by atoms with Crippen LogP contribution in [0.5, 0.6) is 0 Å². The summed E-state index contributed by atoms with van der Waals surface area (Å²) < 4.78 is 0. The molecule has 0 aromatic rings. The average Bonchev–Trinajstić information content (AvgIpc) is 2.22. The van der Waals surface area contributed by atoms with Crippen molar-refractivity contribution in [3.8, 4) is 0 Å². The lowest BCUT2D eigenvalue weighted by Gasteiger charge is -1.86. The zero-order valence-electron chi connectivity index (χ0n) is 8.60. The first kappa shape index (κ1) is 10.8. The first-order valence-electron chi connectivity index (χ1n) is 5.28. The monoisotopic (exact) mass is 186 g/mol. The van der Waals surface area contributed by atoms with Gasteiger partial charge in [-0.1, -0.05) is 60.8 Å². The molecule has 14 heavy (non-hydrogen) atoms. The Kier molecular flexibility index (Phi) is 6.39. The normalized spacial score (nSPS) is 27.4. The summed E-state index contributed by atoms with van der Waals surface area (Å²) in [5, 5.41) is 0.